The third-order valence-electron chi connectivity index (χ3n) is 3.60. The maximum atomic E-state index is 12.9. The van der Waals surface area contributed by atoms with Crippen LogP contribution in [0.15, 0.2) is 47.8 Å². The van der Waals surface area contributed by atoms with Gasteiger partial charge in [-0.05, 0) is 38.3 Å². The molecule has 0 unspecified atom stereocenters. The van der Waals surface area contributed by atoms with Crippen LogP contribution in [0, 0.1) is 5.92 Å². The first-order valence-electron chi connectivity index (χ1n) is 10.1. The first-order chi connectivity index (χ1) is 14.9. The van der Waals surface area contributed by atoms with E-state index in [0.29, 0.717) is 5.56 Å². The molecular weight excluding hydrogens is 414 g/mol. The Balaban J connectivity index is 3.14. The van der Waals surface area contributed by atoms with Gasteiger partial charge in [0.2, 0.25) is 0 Å². The zero-order chi connectivity index (χ0) is 24.3. The number of esters is 1. The van der Waals surface area contributed by atoms with E-state index in [2.05, 4.69) is 20.7 Å². The predicted molar refractivity (Wildman–Crippen MR) is 120 cm³/mol. The van der Waals surface area contributed by atoms with Crippen molar-refractivity contribution in [2.24, 2.45) is 5.92 Å². The molecule has 0 spiro atoms. The van der Waals surface area contributed by atoms with Crippen LogP contribution in [0.3, 0.4) is 0 Å². The first kappa shape index (κ1) is 26.4. The van der Waals surface area contributed by atoms with E-state index in [1.54, 1.807) is 51.1 Å². The molecule has 0 aliphatic carbocycles. The molecule has 9 heteroatoms. The number of nitrogens with one attached hydrogen (secondary N) is 3. The van der Waals surface area contributed by atoms with Crippen molar-refractivity contribution in [3.63, 3.8) is 0 Å². The fourth-order valence-corrected chi connectivity index (χ4v) is 2.30. The summed E-state index contributed by atoms with van der Waals surface area (Å²) in [5.74, 6) is -2.15. The summed E-state index contributed by atoms with van der Waals surface area (Å²) < 4.78 is 9.72. The van der Waals surface area contributed by atoms with E-state index < -0.39 is 29.5 Å². The molecule has 0 aliphatic rings. The van der Waals surface area contributed by atoms with Gasteiger partial charge >= 0.3 is 12.1 Å². The summed E-state index contributed by atoms with van der Waals surface area (Å²) in [5, 5.41) is 7.31. The van der Waals surface area contributed by atoms with Gasteiger partial charge in [-0.2, -0.15) is 0 Å². The van der Waals surface area contributed by atoms with Gasteiger partial charge in [-0.15, -0.1) is 0 Å². The van der Waals surface area contributed by atoms with Gasteiger partial charge in [-0.25, -0.2) is 4.79 Å². The van der Waals surface area contributed by atoms with Gasteiger partial charge < -0.3 is 20.1 Å². The highest BCUT2D eigenvalue weighted by Crippen LogP contribution is 2.10. The van der Waals surface area contributed by atoms with Crippen molar-refractivity contribution < 1.29 is 28.7 Å². The van der Waals surface area contributed by atoms with Crippen LogP contribution in [0.5, 0.6) is 0 Å². The van der Waals surface area contributed by atoms with Crippen LogP contribution in [0.1, 0.15) is 40.2 Å². The number of rotatable bonds is 8. The minimum atomic E-state index is -0.803. The van der Waals surface area contributed by atoms with Gasteiger partial charge in [0.05, 0.1) is 7.11 Å². The number of carbonyl (C=O) groups is 4. The number of methoxy groups -OCH3 is 1. The fourth-order valence-electron chi connectivity index (χ4n) is 2.30. The molecule has 0 saturated carbocycles. The number of hydrogen-bond acceptors (Lipinski definition) is 6. The molecule has 0 fully saturated rings. The molecule has 0 aromatic heterocycles. The number of allylic oxidation sites excluding steroid dienone is 1. The summed E-state index contributed by atoms with van der Waals surface area (Å²) >= 11 is 0. The lowest BCUT2D eigenvalue weighted by atomic mass is 10.1. The number of ether oxygens (including phenoxy) is 2. The van der Waals surface area contributed by atoms with Crippen molar-refractivity contribution in [1.29, 1.82) is 0 Å². The Morgan fingerprint density at radius 1 is 0.969 bits per heavy atom. The minimum Gasteiger partial charge on any atom is -0.468 e. The fraction of sp³-hybridized carbons (Fsp3) is 0.391. The summed E-state index contributed by atoms with van der Waals surface area (Å²) in [6.45, 7) is 8.38. The largest absolute Gasteiger partial charge is 0.468 e. The predicted octanol–water partition coefficient (Wildman–Crippen LogP) is 2.50. The second kappa shape index (κ2) is 12.3. The maximum Gasteiger partial charge on any atom is 0.412 e. The van der Waals surface area contributed by atoms with E-state index >= 15 is 0 Å². The molecule has 0 aliphatic heterocycles. The first-order valence-corrected chi connectivity index (χ1v) is 10.1. The molecule has 3 amide bonds. The summed E-state index contributed by atoms with van der Waals surface area (Å²) in [4.78, 5) is 49.1. The summed E-state index contributed by atoms with van der Waals surface area (Å²) in [5.41, 5.74) is -0.305. The van der Waals surface area contributed by atoms with Gasteiger partial charge in [0, 0.05) is 0 Å². The molecule has 0 radical (unpaired) electrons. The van der Waals surface area contributed by atoms with Crippen LogP contribution in [0.25, 0.3) is 6.08 Å². The molecule has 0 heterocycles. The highest BCUT2D eigenvalue weighted by molar-refractivity contribution is 6.06. The molecule has 32 heavy (non-hydrogen) atoms. The molecule has 0 bridgehead atoms. The van der Waals surface area contributed by atoms with E-state index in [-0.39, 0.29) is 23.9 Å². The van der Waals surface area contributed by atoms with Crippen LogP contribution < -0.4 is 16.0 Å². The Labute approximate surface area is 188 Å². The molecule has 1 aromatic rings. The number of amides is 3. The van der Waals surface area contributed by atoms with E-state index in [1.165, 1.54) is 19.3 Å². The standard InChI is InChI=1S/C23H31N3O6/c1-15(2)12-17(26-22(30)32-23(3,4)5)21(29)25-18(13-16-10-8-7-9-11-16)20(28)24-14-19(27)31-6/h7-13,15H,14H2,1-6H3,(H,24,28)(H,25,29)(H,26,30)/b17-12-,18-13-. The topological polar surface area (TPSA) is 123 Å². The molecule has 174 valence electrons. The highest BCUT2D eigenvalue weighted by Gasteiger charge is 2.22. The van der Waals surface area contributed by atoms with Crippen LogP contribution in [0.4, 0.5) is 4.79 Å². The number of carbonyl (C=O) groups excluding carboxylic acids is 4. The molecule has 1 rings (SSSR count). The van der Waals surface area contributed by atoms with Crippen molar-refractivity contribution in [2.75, 3.05) is 13.7 Å². The van der Waals surface area contributed by atoms with Crippen LogP contribution in [-0.2, 0) is 23.9 Å². The zero-order valence-electron chi connectivity index (χ0n) is 19.3. The lowest BCUT2D eigenvalue weighted by Crippen LogP contribution is -2.41. The minimum absolute atomic E-state index is 0.0750. The monoisotopic (exact) mass is 445 g/mol. The molecule has 1 aromatic carbocycles. The Morgan fingerprint density at radius 3 is 2.12 bits per heavy atom. The molecule has 3 N–H and O–H groups in total. The van der Waals surface area contributed by atoms with E-state index in [9.17, 15) is 19.2 Å². The molecule has 9 nitrogen and oxygen atoms in total. The second-order valence-corrected chi connectivity index (χ2v) is 8.13. The van der Waals surface area contributed by atoms with Crippen molar-refractivity contribution in [3.05, 3.63) is 53.4 Å². The lowest BCUT2D eigenvalue weighted by Gasteiger charge is -2.21. The Hall–Kier alpha value is -3.62. The maximum absolute atomic E-state index is 12.9. The average molecular weight is 446 g/mol. The van der Waals surface area contributed by atoms with Gasteiger partial charge in [0.25, 0.3) is 11.8 Å². The van der Waals surface area contributed by atoms with Crippen molar-refractivity contribution >= 4 is 30.0 Å². The number of benzene rings is 1. The SMILES string of the molecule is COC(=O)CNC(=O)/C(=C/c1ccccc1)NC(=O)/C(=C/C(C)C)NC(=O)OC(C)(C)C. The molecule has 0 saturated heterocycles. The van der Waals surface area contributed by atoms with Gasteiger partial charge in [0.15, 0.2) is 0 Å². The van der Waals surface area contributed by atoms with Crippen LogP contribution >= 0.6 is 0 Å². The zero-order valence-corrected chi connectivity index (χ0v) is 19.3. The van der Waals surface area contributed by atoms with Gasteiger partial charge in [-0.3, -0.25) is 19.7 Å². The second-order valence-electron chi connectivity index (χ2n) is 8.13. The van der Waals surface area contributed by atoms with Crippen LogP contribution in [-0.4, -0.2) is 43.1 Å². The number of hydrogen-bond donors (Lipinski definition) is 3. The smallest absolute Gasteiger partial charge is 0.412 e. The average Bonchev–Trinajstić information content (AvgIpc) is 2.69. The quantitative estimate of drug-likeness (QED) is 0.417. The summed E-state index contributed by atoms with van der Waals surface area (Å²) in [6.07, 6.45) is 2.18. The van der Waals surface area contributed by atoms with E-state index in [4.69, 9.17) is 4.74 Å². The Kier molecular flexibility index (Phi) is 10.1. The Bertz CT molecular complexity index is 883. The summed E-state index contributed by atoms with van der Waals surface area (Å²) in [6, 6.07) is 8.83. The third kappa shape index (κ3) is 10.4. The van der Waals surface area contributed by atoms with Gasteiger partial charge in [-0.1, -0.05) is 50.3 Å². The third-order valence-corrected chi connectivity index (χ3v) is 3.60. The summed E-state index contributed by atoms with van der Waals surface area (Å²) in [7, 11) is 1.20. The Morgan fingerprint density at radius 2 is 1.59 bits per heavy atom. The highest BCUT2D eigenvalue weighted by atomic mass is 16.6. The normalized spacial score (nSPS) is 12.1. The van der Waals surface area contributed by atoms with Crippen LogP contribution in [0.2, 0.25) is 0 Å². The van der Waals surface area contributed by atoms with Gasteiger partial charge in [0.1, 0.15) is 23.5 Å². The number of alkyl carbamates (subject to hydrolysis) is 1. The van der Waals surface area contributed by atoms with Crippen molar-refractivity contribution in [1.82, 2.24) is 16.0 Å². The van der Waals surface area contributed by atoms with Crippen molar-refractivity contribution in [2.45, 2.75) is 40.2 Å². The molecule has 0 atom stereocenters. The van der Waals surface area contributed by atoms with E-state index in [1.807, 2.05) is 13.8 Å². The van der Waals surface area contributed by atoms with E-state index in [0.717, 1.165) is 0 Å². The van der Waals surface area contributed by atoms with Crippen molar-refractivity contribution in [3.8, 4) is 0 Å². The lowest BCUT2D eigenvalue weighted by molar-refractivity contribution is -0.140. The molecular formula is C23H31N3O6.